The van der Waals surface area contributed by atoms with Gasteiger partial charge in [-0.1, -0.05) is 40.5 Å². The minimum atomic E-state index is 0.486. The molecule has 2 rings (SSSR count). The van der Waals surface area contributed by atoms with Gasteiger partial charge in [-0.15, -0.1) is 0 Å². The quantitative estimate of drug-likeness (QED) is 0.837. The fourth-order valence-corrected chi connectivity index (χ4v) is 3.77. The average Bonchev–Trinajstić information content (AvgIpc) is 2.80. The van der Waals surface area contributed by atoms with E-state index < -0.39 is 0 Å². The first-order valence-corrected chi connectivity index (χ1v) is 8.42. The molecule has 0 aromatic rings. The second-order valence-corrected chi connectivity index (χ2v) is 7.97. The van der Waals surface area contributed by atoms with Gasteiger partial charge >= 0.3 is 0 Å². The highest BCUT2D eigenvalue weighted by atomic mass is 15.2. The number of hydrogen-bond acceptors (Lipinski definition) is 2. The van der Waals surface area contributed by atoms with Crippen LogP contribution in [0.4, 0.5) is 0 Å². The molecule has 3 unspecified atom stereocenters. The van der Waals surface area contributed by atoms with Crippen LogP contribution in [0.15, 0.2) is 0 Å². The van der Waals surface area contributed by atoms with Crippen LogP contribution >= 0.6 is 0 Å². The molecule has 2 aliphatic rings. The van der Waals surface area contributed by atoms with Crippen LogP contribution in [0, 0.1) is 17.3 Å². The SMILES string of the molecule is CC1CCCCC1NCCN1CCC(C(C)(C)C)C1. The lowest BCUT2D eigenvalue weighted by molar-refractivity contribution is 0.222. The van der Waals surface area contributed by atoms with E-state index in [9.17, 15) is 0 Å². The highest BCUT2D eigenvalue weighted by Gasteiger charge is 2.31. The van der Waals surface area contributed by atoms with Gasteiger partial charge in [0.05, 0.1) is 0 Å². The molecule has 1 saturated heterocycles. The molecule has 0 bridgehead atoms. The molecule has 1 N–H and O–H groups in total. The van der Waals surface area contributed by atoms with E-state index in [1.807, 2.05) is 0 Å². The van der Waals surface area contributed by atoms with Crippen LogP contribution in [-0.4, -0.2) is 37.1 Å². The van der Waals surface area contributed by atoms with Gasteiger partial charge < -0.3 is 10.2 Å². The van der Waals surface area contributed by atoms with E-state index in [2.05, 4.69) is 37.9 Å². The van der Waals surface area contributed by atoms with Crippen LogP contribution in [0.3, 0.4) is 0 Å². The minimum Gasteiger partial charge on any atom is -0.312 e. The molecule has 0 aromatic heterocycles. The van der Waals surface area contributed by atoms with Crippen LogP contribution in [-0.2, 0) is 0 Å². The van der Waals surface area contributed by atoms with Crippen LogP contribution < -0.4 is 5.32 Å². The molecule has 2 fully saturated rings. The van der Waals surface area contributed by atoms with Crippen LogP contribution in [0.5, 0.6) is 0 Å². The molecule has 1 heterocycles. The molecule has 19 heavy (non-hydrogen) atoms. The lowest BCUT2D eigenvalue weighted by Crippen LogP contribution is -2.41. The Kier molecular flexibility index (Phi) is 5.30. The van der Waals surface area contributed by atoms with Crippen LogP contribution in [0.2, 0.25) is 0 Å². The molecule has 0 radical (unpaired) electrons. The maximum Gasteiger partial charge on any atom is 0.0107 e. The Morgan fingerprint density at radius 3 is 2.47 bits per heavy atom. The highest BCUT2D eigenvalue weighted by Crippen LogP contribution is 2.33. The summed E-state index contributed by atoms with van der Waals surface area (Å²) in [5.41, 5.74) is 0.486. The standard InChI is InChI=1S/C17H34N2/c1-14-7-5-6-8-16(14)18-10-12-19-11-9-15(13-19)17(2,3)4/h14-16,18H,5-13H2,1-4H3. The van der Waals surface area contributed by atoms with Crippen molar-refractivity contribution in [2.45, 2.75) is 65.8 Å². The van der Waals surface area contributed by atoms with Crippen molar-refractivity contribution in [3.05, 3.63) is 0 Å². The van der Waals surface area contributed by atoms with Crippen molar-refractivity contribution in [1.29, 1.82) is 0 Å². The van der Waals surface area contributed by atoms with Gasteiger partial charge in [0.15, 0.2) is 0 Å². The Balaban J connectivity index is 1.64. The van der Waals surface area contributed by atoms with Gasteiger partial charge in [0.1, 0.15) is 0 Å². The summed E-state index contributed by atoms with van der Waals surface area (Å²) in [6.45, 7) is 14.6. The Hall–Kier alpha value is -0.0800. The average molecular weight is 266 g/mol. The second kappa shape index (κ2) is 6.58. The van der Waals surface area contributed by atoms with Crippen molar-refractivity contribution in [3.8, 4) is 0 Å². The van der Waals surface area contributed by atoms with E-state index in [1.165, 1.54) is 58.3 Å². The number of hydrogen-bond donors (Lipinski definition) is 1. The van der Waals surface area contributed by atoms with Crippen molar-refractivity contribution in [2.24, 2.45) is 17.3 Å². The van der Waals surface area contributed by atoms with Crippen LogP contribution in [0.25, 0.3) is 0 Å². The highest BCUT2D eigenvalue weighted by molar-refractivity contribution is 4.84. The fraction of sp³-hybridized carbons (Fsp3) is 1.00. The molecule has 1 aliphatic carbocycles. The summed E-state index contributed by atoms with van der Waals surface area (Å²) in [6, 6.07) is 0.787. The molecule has 1 aliphatic heterocycles. The third kappa shape index (κ3) is 4.46. The zero-order valence-corrected chi connectivity index (χ0v) is 13.5. The van der Waals surface area contributed by atoms with Crippen molar-refractivity contribution < 1.29 is 0 Å². The lowest BCUT2D eigenvalue weighted by atomic mass is 9.80. The molecule has 2 nitrogen and oxygen atoms in total. The summed E-state index contributed by atoms with van der Waals surface area (Å²) in [6.07, 6.45) is 7.08. The first kappa shape index (κ1) is 15.3. The largest absolute Gasteiger partial charge is 0.312 e. The Morgan fingerprint density at radius 2 is 1.84 bits per heavy atom. The minimum absolute atomic E-state index is 0.486. The number of nitrogens with one attached hydrogen (secondary N) is 1. The summed E-state index contributed by atoms with van der Waals surface area (Å²) in [7, 11) is 0. The second-order valence-electron chi connectivity index (χ2n) is 7.97. The molecular weight excluding hydrogens is 232 g/mol. The summed E-state index contributed by atoms with van der Waals surface area (Å²) in [5.74, 6) is 1.77. The predicted octanol–water partition coefficient (Wildman–Crippen LogP) is 3.52. The van der Waals surface area contributed by atoms with E-state index >= 15 is 0 Å². The van der Waals surface area contributed by atoms with Crippen molar-refractivity contribution in [2.75, 3.05) is 26.2 Å². The molecule has 3 atom stereocenters. The first-order chi connectivity index (χ1) is 8.97. The van der Waals surface area contributed by atoms with E-state index in [0.29, 0.717) is 5.41 Å². The third-order valence-electron chi connectivity index (χ3n) is 5.44. The van der Waals surface area contributed by atoms with E-state index in [-0.39, 0.29) is 0 Å². The van der Waals surface area contributed by atoms with Gasteiger partial charge in [-0.05, 0) is 43.1 Å². The lowest BCUT2D eigenvalue weighted by Gasteiger charge is -2.30. The van der Waals surface area contributed by atoms with Gasteiger partial charge in [-0.25, -0.2) is 0 Å². The molecule has 0 spiro atoms. The topological polar surface area (TPSA) is 15.3 Å². The van der Waals surface area contributed by atoms with Gasteiger partial charge in [-0.3, -0.25) is 0 Å². The molecule has 2 heteroatoms. The van der Waals surface area contributed by atoms with Crippen molar-refractivity contribution in [3.63, 3.8) is 0 Å². The summed E-state index contributed by atoms with van der Waals surface area (Å²) < 4.78 is 0. The van der Waals surface area contributed by atoms with Crippen LogP contribution in [0.1, 0.15) is 59.8 Å². The first-order valence-electron chi connectivity index (χ1n) is 8.42. The number of nitrogens with zero attached hydrogens (tertiary/aromatic N) is 1. The normalized spacial score (nSPS) is 33.8. The molecule has 1 saturated carbocycles. The monoisotopic (exact) mass is 266 g/mol. The summed E-state index contributed by atoms with van der Waals surface area (Å²) in [4.78, 5) is 2.66. The van der Waals surface area contributed by atoms with Crippen molar-refractivity contribution in [1.82, 2.24) is 10.2 Å². The molecule has 112 valence electrons. The smallest absolute Gasteiger partial charge is 0.0107 e. The number of likely N-dealkylation sites (tertiary alicyclic amines) is 1. The zero-order valence-electron chi connectivity index (χ0n) is 13.5. The maximum atomic E-state index is 3.81. The van der Waals surface area contributed by atoms with E-state index in [4.69, 9.17) is 0 Å². The Labute approximate surface area is 120 Å². The summed E-state index contributed by atoms with van der Waals surface area (Å²) in [5, 5.41) is 3.81. The van der Waals surface area contributed by atoms with Gasteiger partial charge in [0, 0.05) is 25.7 Å². The zero-order chi connectivity index (χ0) is 13.9. The van der Waals surface area contributed by atoms with Gasteiger partial charge in [-0.2, -0.15) is 0 Å². The van der Waals surface area contributed by atoms with E-state index in [0.717, 1.165) is 17.9 Å². The molecular formula is C17H34N2. The van der Waals surface area contributed by atoms with Gasteiger partial charge in [0.2, 0.25) is 0 Å². The van der Waals surface area contributed by atoms with Crippen molar-refractivity contribution >= 4 is 0 Å². The predicted molar refractivity (Wildman–Crippen MR) is 83.4 cm³/mol. The molecule has 0 amide bonds. The van der Waals surface area contributed by atoms with Gasteiger partial charge in [0.25, 0.3) is 0 Å². The Bertz CT molecular complexity index is 269. The fourth-order valence-electron chi connectivity index (χ4n) is 3.77. The Morgan fingerprint density at radius 1 is 1.11 bits per heavy atom. The van der Waals surface area contributed by atoms with E-state index in [1.54, 1.807) is 0 Å². The maximum absolute atomic E-state index is 3.81. The number of rotatable bonds is 4. The third-order valence-corrected chi connectivity index (χ3v) is 5.44. The summed E-state index contributed by atoms with van der Waals surface area (Å²) >= 11 is 0. The molecule has 0 aromatic carbocycles.